The number of hydrogen-bond acceptors (Lipinski definition) is 7. The lowest BCUT2D eigenvalue weighted by Crippen LogP contribution is -2.39. The molecule has 1 aliphatic rings. The Morgan fingerprint density at radius 2 is 2.00 bits per heavy atom. The van der Waals surface area contributed by atoms with Gasteiger partial charge in [-0.15, -0.1) is 0 Å². The van der Waals surface area contributed by atoms with Crippen molar-refractivity contribution < 1.29 is 19.4 Å². The Morgan fingerprint density at radius 1 is 1.26 bits per heavy atom. The van der Waals surface area contributed by atoms with Gasteiger partial charge in [0.05, 0.1) is 35.6 Å². The van der Waals surface area contributed by atoms with Gasteiger partial charge in [0.15, 0.2) is 4.80 Å². The molecule has 1 atom stereocenters. The second-order valence-corrected chi connectivity index (χ2v) is 9.06. The highest BCUT2D eigenvalue weighted by Gasteiger charge is 2.33. The van der Waals surface area contributed by atoms with Crippen LogP contribution in [-0.2, 0) is 16.0 Å². The average molecular weight is 499 g/mol. The van der Waals surface area contributed by atoms with Gasteiger partial charge >= 0.3 is 5.97 Å². The molecule has 0 saturated carbocycles. The molecule has 34 heavy (non-hydrogen) atoms. The molecule has 3 aromatic rings. The summed E-state index contributed by atoms with van der Waals surface area (Å²) in [7, 11) is 1.57. The quantitative estimate of drug-likeness (QED) is 0.526. The van der Waals surface area contributed by atoms with Crippen LogP contribution >= 0.6 is 22.9 Å². The average Bonchev–Trinajstić information content (AvgIpc) is 3.13. The van der Waals surface area contributed by atoms with E-state index in [0.717, 1.165) is 5.56 Å². The zero-order chi connectivity index (χ0) is 24.4. The number of halogens is 1. The van der Waals surface area contributed by atoms with E-state index < -0.39 is 12.0 Å². The van der Waals surface area contributed by atoms with Crippen LogP contribution < -0.4 is 19.6 Å². The van der Waals surface area contributed by atoms with E-state index in [1.54, 1.807) is 51.3 Å². The van der Waals surface area contributed by atoms with Gasteiger partial charge in [0.2, 0.25) is 0 Å². The monoisotopic (exact) mass is 498 g/mol. The number of carbonyl (C=O) groups excluding carboxylic acids is 1. The van der Waals surface area contributed by atoms with Gasteiger partial charge in [-0.25, -0.2) is 9.79 Å². The molecule has 9 heteroatoms. The van der Waals surface area contributed by atoms with Gasteiger partial charge in [-0.3, -0.25) is 9.36 Å². The second kappa shape index (κ2) is 9.87. The summed E-state index contributed by atoms with van der Waals surface area (Å²) >= 11 is 7.28. The van der Waals surface area contributed by atoms with Crippen LogP contribution in [0.4, 0.5) is 0 Å². The topological polar surface area (TPSA) is 90.1 Å². The first kappa shape index (κ1) is 23.8. The third kappa shape index (κ3) is 4.51. The molecule has 0 spiro atoms. The fourth-order valence-electron chi connectivity index (χ4n) is 3.85. The Bertz CT molecular complexity index is 1450. The molecule has 0 radical (unpaired) electrons. The zero-order valence-electron chi connectivity index (χ0n) is 18.9. The second-order valence-electron chi connectivity index (χ2n) is 7.61. The van der Waals surface area contributed by atoms with Crippen LogP contribution in [0.3, 0.4) is 0 Å². The van der Waals surface area contributed by atoms with Gasteiger partial charge in [0.1, 0.15) is 11.5 Å². The minimum atomic E-state index is -0.692. The highest BCUT2D eigenvalue weighted by molar-refractivity contribution is 7.07. The van der Waals surface area contributed by atoms with Crippen LogP contribution in [0.5, 0.6) is 11.5 Å². The molecule has 176 valence electrons. The number of fused-ring (bicyclic) bond motifs is 1. The molecule has 0 saturated heterocycles. The fourth-order valence-corrected chi connectivity index (χ4v) is 5.06. The smallest absolute Gasteiger partial charge is 0.338 e. The Kier molecular flexibility index (Phi) is 6.90. The number of methoxy groups -OCH3 is 1. The number of hydrogen-bond donors (Lipinski definition) is 1. The SMILES string of the molecule is CCOC(=O)C1=C(C)N=c2sc(=CCc3cc(Cl)ccc3O)c(=O)n2C1c1ccc(OC)cc1. The summed E-state index contributed by atoms with van der Waals surface area (Å²) in [6.07, 6.45) is 2.05. The highest BCUT2D eigenvalue weighted by Crippen LogP contribution is 2.31. The molecule has 1 aromatic heterocycles. The lowest BCUT2D eigenvalue weighted by Gasteiger charge is -2.24. The lowest BCUT2D eigenvalue weighted by atomic mass is 9.96. The van der Waals surface area contributed by atoms with Crippen LogP contribution in [0, 0.1) is 0 Å². The van der Waals surface area contributed by atoms with E-state index in [0.29, 0.717) is 43.4 Å². The van der Waals surface area contributed by atoms with Crippen LogP contribution in [0.2, 0.25) is 5.02 Å². The molecule has 0 fully saturated rings. The standard InChI is InChI=1S/C25H23ClN2O5S/c1-4-33-24(31)21-14(2)27-25-28(22(21)15-5-9-18(32-3)10-6-15)23(30)20(34-25)12-7-16-13-17(26)8-11-19(16)29/h5-6,8-13,22,29H,4,7H2,1-3H3. The van der Waals surface area contributed by atoms with Crippen molar-refractivity contribution in [3.8, 4) is 11.5 Å². The highest BCUT2D eigenvalue weighted by atomic mass is 35.5. The molecule has 0 amide bonds. The normalized spacial score (nSPS) is 15.6. The number of aromatic nitrogens is 1. The van der Waals surface area contributed by atoms with Gasteiger partial charge in [0, 0.05) is 5.02 Å². The summed E-state index contributed by atoms with van der Waals surface area (Å²) in [5, 5.41) is 10.6. The summed E-state index contributed by atoms with van der Waals surface area (Å²) in [5.41, 5.74) is 1.88. The molecule has 4 rings (SSSR count). The molecule has 1 aliphatic heterocycles. The van der Waals surface area contributed by atoms with Crippen molar-refractivity contribution in [1.29, 1.82) is 0 Å². The maximum Gasteiger partial charge on any atom is 0.338 e. The number of phenols is 1. The number of thiazole rings is 1. The Hall–Kier alpha value is -3.36. The van der Waals surface area contributed by atoms with Crippen LogP contribution in [-0.4, -0.2) is 29.4 Å². The first-order chi connectivity index (χ1) is 16.3. The van der Waals surface area contributed by atoms with Crippen LogP contribution in [0.25, 0.3) is 6.08 Å². The van der Waals surface area contributed by atoms with Crippen molar-refractivity contribution in [1.82, 2.24) is 4.57 Å². The molecule has 2 heterocycles. The fraction of sp³-hybridized carbons (Fsp3) is 0.240. The minimum Gasteiger partial charge on any atom is -0.508 e. The van der Waals surface area contributed by atoms with E-state index in [4.69, 9.17) is 21.1 Å². The number of nitrogens with zero attached hydrogens (tertiary/aromatic N) is 2. The van der Waals surface area contributed by atoms with E-state index in [1.165, 1.54) is 22.0 Å². The number of esters is 1. The van der Waals surface area contributed by atoms with Crippen molar-refractivity contribution >= 4 is 35.0 Å². The van der Waals surface area contributed by atoms with Crippen LogP contribution in [0.1, 0.15) is 31.0 Å². The van der Waals surface area contributed by atoms with E-state index in [1.807, 2.05) is 12.1 Å². The summed E-state index contributed by atoms with van der Waals surface area (Å²) in [4.78, 5) is 31.5. The maximum atomic E-state index is 13.5. The molecule has 1 unspecified atom stereocenters. The number of aromatic hydroxyl groups is 1. The molecule has 1 N–H and O–H groups in total. The Morgan fingerprint density at radius 3 is 2.68 bits per heavy atom. The summed E-state index contributed by atoms with van der Waals surface area (Å²) in [6.45, 7) is 3.68. The van der Waals surface area contributed by atoms with Gasteiger partial charge in [0.25, 0.3) is 5.56 Å². The van der Waals surface area contributed by atoms with Crippen molar-refractivity contribution in [2.75, 3.05) is 13.7 Å². The molecule has 0 bridgehead atoms. The van der Waals surface area contributed by atoms with E-state index in [-0.39, 0.29) is 17.9 Å². The lowest BCUT2D eigenvalue weighted by molar-refractivity contribution is -0.139. The first-order valence-corrected chi connectivity index (χ1v) is 11.8. The third-order valence-electron chi connectivity index (χ3n) is 5.50. The largest absolute Gasteiger partial charge is 0.508 e. The van der Waals surface area contributed by atoms with Gasteiger partial charge in [-0.2, -0.15) is 0 Å². The van der Waals surface area contributed by atoms with E-state index in [9.17, 15) is 14.7 Å². The maximum absolute atomic E-state index is 13.5. The number of phenolic OH excluding ortho intramolecular Hbond substituents is 1. The van der Waals surface area contributed by atoms with Crippen molar-refractivity contribution in [3.05, 3.63) is 89.6 Å². The minimum absolute atomic E-state index is 0.102. The molecule has 2 aromatic carbocycles. The number of carbonyl (C=O) groups is 1. The van der Waals surface area contributed by atoms with Gasteiger partial charge in [-0.1, -0.05) is 41.1 Å². The third-order valence-corrected chi connectivity index (χ3v) is 6.76. The van der Waals surface area contributed by atoms with Gasteiger partial charge in [-0.05, 0) is 61.7 Å². The zero-order valence-corrected chi connectivity index (χ0v) is 20.4. The number of rotatable bonds is 6. The molecule has 7 nitrogen and oxygen atoms in total. The summed E-state index contributed by atoms with van der Waals surface area (Å²) in [5.74, 6) is 0.253. The number of allylic oxidation sites excluding steroid dienone is 1. The Balaban J connectivity index is 1.86. The van der Waals surface area contributed by atoms with Crippen molar-refractivity contribution in [2.24, 2.45) is 4.99 Å². The van der Waals surface area contributed by atoms with Crippen molar-refractivity contribution in [3.63, 3.8) is 0 Å². The summed E-state index contributed by atoms with van der Waals surface area (Å²) < 4.78 is 12.5. The van der Waals surface area contributed by atoms with E-state index >= 15 is 0 Å². The Labute approximate surface area is 204 Å². The van der Waals surface area contributed by atoms with Crippen molar-refractivity contribution in [2.45, 2.75) is 26.3 Å². The van der Waals surface area contributed by atoms with Gasteiger partial charge < -0.3 is 14.6 Å². The van der Waals surface area contributed by atoms with E-state index in [2.05, 4.69) is 4.99 Å². The summed E-state index contributed by atoms with van der Waals surface area (Å²) in [6, 6.07) is 11.3. The predicted octanol–water partition coefficient (Wildman–Crippen LogP) is 3.36. The van der Waals surface area contributed by atoms with Crippen LogP contribution in [0.15, 0.2) is 63.5 Å². The number of ether oxygens (including phenoxy) is 2. The first-order valence-electron chi connectivity index (χ1n) is 10.6. The number of benzene rings is 2. The molecular formula is C25H23ClN2O5S. The molecular weight excluding hydrogens is 476 g/mol. The predicted molar refractivity (Wildman–Crippen MR) is 131 cm³/mol. The molecule has 0 aliphatic carbocycles.